The van der Waals surface area contributed by atoms with E-state index in [2.05, 4.69) is 152 Å². The van der Waals surface area contributed by atoms with Gasteiger partial charge in [0, 0.05) is 13.0 Å². The van der Waals surface area contributed by atoms with E-state index < -0.39 is 59.8 Å². The number of unbranched alkanes of at least 4 members (excludes halogenated alkanes) is 12. The van der Waals surface area contributed by atoms with Gasteiger partial charge < -0.3 is 34.3 Å². The Hall–Kier alpha value is -3.76. The SMILES string of the molecule is CC/C=C\C/C=C\C/C=C\C/C=C\C/C=C\C/C=C\C/C=C\CCCCCC(=O)OC(COCCCCCCCCCCC/C=C\C/C=C\C/C=C\C/C=C\CC)COC1OC(CO)C(O)C(OS(=O)(=O)O)C1O. The summed E-state index contributed by atoms with van der Waals surface area (Å²) in [6, 6.07) is 0. The zero-order valence-corrected chi connectivity index (χ0v) is 46.2. The molecule has 0 radical (unpaired) electrons. The minimum atomic E-state index is -5.08. The number of allylic oxidation sites excluding steroid dienone is 22. The maximum Gasteiger partial charge on any atom is 0.397 e. The summed E-state index contributed by atoms with van der Waals surface area (Å²) in [7, 11) is -5.08. The molecule has 74 heavy (non-hydrogen) atoms. The molecule has 13 heteroatoms. The smallest absolute Gasteiger partial charge is 0.397 e. The Bertz CT molecular complexity index is 1790. The van der Waals surface area contributed by atoms with Crippen LogP contribution >= 0.6 is 0 Å². The number of esters is 1. The van der Waals surface area contributed by atoms with Crippen LogP contribution in [0.15, 0.2) is 134 Å². The van der Waals surface area contributed by atoms with Crippen molar-refractivity contribution in [3.05, 3.63) is 134 Å². The molecule has 6 unspecified atom stereocenters. The molecular formula is C61H98O12S. The van der Waals surface area contributed by atoms with E-state index in [-0.39, 0.29) is 19.6 Å². The quantitative estimate of drug-likeness (QED) is 0.0197. The summed E-state index contributed by atoms with van der Waals surface area (Å²) in [6.45, 7) is 3.69. The molecule has 12 nitrogen and oxygen atoms in total. The lowest BCUT2D eigenvalue weighted by molar-refractivity contribution is -0.301. The van der Waals surface area contributed by atoms with Crippen molar-refractivity contribution >= 4 is 16.4 Å². The summed E-state index contributed by atoms with van der Waals surface area (Å²) in [5.41, 5.74) is 0. The topological polar surface area (TPSA) is 178 Å². The molecule has 4 N–H and O–H groups in total. The number of hydrogen-bond acceptors (Lipinski definition) is 11. The lowest BCUT2D eigenvalue weighted by Gasteiger charge is -2.41. The Kier molecular flexibility index (Phi) is 46.2. The standard InChI is InChI=1S/C61H98O12S/c1-3-5-7-9-11-13-15-17-19-21-23-25-27-28-29-30-32-34-36-38-40-42-44-46-48-50-57(63)71-55(54-70-61-59(65)60(73-74(66,67)68)58(64)56(52-62)72-61)53-69-51-49-47-45-43-41-39-37-35-33-31-26-24-22-20-18-16-14-12-10-8-6-4-2/h5-8,11-14,17-20,23-26,28-29,32,34,38,40,55-56,58-62,64-65H,3-4,9-10,15-16,21-22,27,30-31,33,35-37,39,41-54H2,1-2H3,(H,66,67,68)/b7-5-,8-6-,13-11-,14-12-,19-17-,20-18-,25-23-,26-24-,29-28-,34-32-,40-38-. The number of carbonyl (C=O) groups excluding carboxylic acids is 1. The average molecular weight is 1060 g/mol. The predicted molar refractivity (Wildman–Crippen MR) is 303 cm³/mol. The zero-order chi connectivity index (χ0) is 53.8. The van der Waals surface area contributed by atoms with Gasteiger partial charge in [0.25, 0.3) is 0 Å². The van der Waals surface area contributed by atoms with Gasteiger partial charge in [0.05, 0.1) is 19.8 Å². The first-order chi connectivity index (χ1) is 36.1. The Balaban J connectivity index is 2.38. The van der Waals surface area contributed by atoms with Crippen LogP contribution in [0.1, 0.15) is 181 Å². The van der Waals surface area contributed by atoms with E-state index >= 15 is 0 Å². The Morgan fingerprint density at radius 2 is 0.892 bits per heavy atom. The van der Waals surface area contributed by atoms with Crippen molar-refractivity contribution in [1.29, 1.82) is 0 Å². The predicted octanol–water partition coefficient (Wildman–Crippen LogP) is 13.9. The molecule has 0 saturated carbocycles. The van der Waals surface area contributed by atoms with Gasteiger partial charge in [-0.25, -0.2) is 4.18 Å². The van der Waals surface area contributed by atoms with Crippen LogP contribution in [0.4, 0.5) is 0 Å². The van der Waals surface area contributed by atoms with E-state index in [0.717, 1.165) is 116 Å². The van der Waals surface area contributed by atoms with Crippen molar-refractivity contribution in [2.75, 3.05) is 26.4 Å². The Morgan fingerprint density at radius 1 is 0.514 bits per heavy atom. The van der Waals surface area contributed by atoms with Gasteiger partial charge >= 0.3 is 16.4 Å². The number of rotatable bonds is 47. The minimum absolute atomic E-state index is 0.00797. The van der Waals surface area contributed by atoms with Crippen molar-refractivity contribution in [2.45, 2.75) is 218 Å². The monoisotopic (exact) mass is 1050 g/mol. The fourth-order valence-corrected chi connectivity index (χ4v) is 8.15. The highest BCUT2D eigenvalue weighted by atomic mass is 32.3. The highest BCUT2D eigenvalue weighted by Gasteiger charge is 2.48. The van der Waals surface area contributed by atoms with Crippen molar-refractivity contribution in [1.82, 2.24) is 0 Å². The third-order valence-electron chi connectivity index (χ3n) is 11.8. The van der Waals surface area contributed by atoms with Gasteiger partial charge in [0.1, 0.15) is 30.5 Å². The van der Waals surface area contributed by atoms with Crippen molar-refractivity contribution in [3.63, 3.8) is 0 Å². The summed E-state index contributed by atoms with van der Waals surface area (Å²) in [5.74, 6) is -0.438. The van der Waals surface area contributed by atoms with Crippen LogP contribution in [0.3, 0.4) is 0 Å². The number of aliphatic hydroxyl groups is 3. The van der Waals surface area contributed by atoms with Gasteiger partial charge in [0.15, 0.2) is 6.29 Å². The molecule has 6 atom stereocenters. The highest BCUT2D eigenvalue weighted by Crippen LogP contribution is 2.26. The largest absolute Gasteiger partial charge is 0.457 e. The first-order valence-electron chi connectivity index (χ1n) is 27.9. The maximum atomic E-state index is 12.9. The molecule has 0 aromatic rings. The summed E-state index contributed by atoms with van der Waals surface area (Å²) in [6.07, 6.45) is 64.8. The molecule has 1 aliphatic heterocycles. The molecular weight excluding hydrogens is 957 g/mol. The summed E-state index contributed by atoms with van der Waals surface area (Å²) >= 11 is 0. The molecule has 0 spiro atoms. The van der Waals surface area contributed by atoms with E-state index in [1.54, 1.807) is 0 Å². The van der Waals surface area contributed by atoms with E-state index in [9.17, 15) is 33.1 Å². The highest BCUT2D eigenvalue weighted by molar-refractivity contribution is 7.80. The number of carbonyl (C=O) groups is 1. The van der Waals surface area contributed by atoms with Crippen molar-refractivity contribution < 1.29 is 56.2 Å². The fraction of sp³-hybridized carbons (Fsp3) is 0.623. The molecule has 0 aliphatic carbocycles. The summed E-state index contributed by atoms with van der Waals surface area (Å²) < 4.78 is 59.4. The van der Waals surface area contributed by atoms with Gasteiger partial charge in [-0.3, -0.25) is 9.35 Å². The molecule has 420 valence electrons. The van der Waals surface area contributed by atoms with Gasteiger partial charge in [0.2, 0.25) is 0 Å². The fourth-order valence-electron chi connectivity index (χ4n) is 7.64. The van der Waals surface area contributed by atoms with E-state index in [4.69, 9.17) is 18.9 Å². The number of ether oxygens (including phenoxy) is 4. The lowest BCUT2D eigenvalue weighted by Crippen LogP contribution is -2.60. The molecule has 0 aromatic heterocycles. The van der Waals surface area contributed by atoms with E-state index in [1.807, 2.05) is 0 Å². The van der Waals surface area contributed by atoms with Gasteiger partial charge in [-0.15, -0.1) is 0 Å². The van der Waals surface area contributed by atoms with Crippen LogP contribution in [0, 0.1) is 0 Å². The first-order valence-corrected chi connectivity index (χ1v) is 29.3. The molecule has 0 amide bonds. The Morgan fingerprint density at radius 3 is 1.30 bits per heavy atom. The molecule has 1 saturated heterocycles. The zero-order valence-electron chi connectivity index (χ0n) is 45.3. The molecule has 1 fully saturated rings. The molecule has 1 rings (SSSR count). The number of hydrogen-bond donors (Lipinski definition) is 4. The molecule has 1 aliphatic rings. The molecule has 0 bridgehead atoms. The van der Waals surface area contributed by atoms with Crippen molar-refractivity contribution in [2.24, 2.45) is 0 Å². The third kappa shape index (κ3) is 42.5. The van der Waals surface area contributed by atoms with Crippen LogP contribution in [-0.4, -0.2) is 97.5 Å². The van der Waals surface area contributed by atoms with Crippen LogP contribution < -0.4 is 0 Å². The van der Waals surface area contributed by atoms with Gasteiger partial charge in [-0.1, -0.05) is 199 Å². The first kappa shape index (κ1) is 68.3. The normalized spacial score (nSPS) is 19.8. The molecule has 0 aromatic carbocycles. The number of aliphatic hydroxyl groups excluding tert-OH is 3. The lowest BCUT2D eigenvalue weighted by atomic mass is 9.99. The van der Waals surface area contributed by atoms with Crippen LogP contribution in [0.2, 0.25) is 0 Å². The minimum Gasteiger partial charge on any atom is -0.457 e. The van der Waals surface area contributed by atoms with Gasteiger partial charge in [-0.2, -0.15) is 8.42 Å². The second-order valence-electron chi connectivity index (χ2n) is 18.4. The average Bonchev–Trinajstić information content (AvgIpc) is 3.38. The third-order valence-corrected chi connectivity index (χ3v) is 12.2. The van der Waals surface area contributed by atoms with Crippen molar-refractivity contribution in [3.8, 4) is 0 Å². The van der Waals surface area contributed by atoms with Gasteiger partial charge in [-0.05, 0) is 109 Å². The second kappa shape index (κ2) is 50.1. The van der Waals surface area contributed by atoms with E-state index in [1.165, 1.54) is 38.5 Å². The van der Waals surface area contributed by atoms with Crippen LogP contribution in [0.5, 0.6) is 0 Å². The van der Waals surface area contributed by atoms with Crippen LogP contribution in [0.25, 0.3) is 0 Å². The maximum absolute atomic E-state index is 12.9. The summed E-state index contributed by atoms with van der Waals surface area (Å²) in [5, 5.41) is 30.8. The van der Waals surface area contributed by atoms with Crippen LogP contribution in [-0.2, 0) is 38.3 Å². The second-order valence-corrected chi connectivity index (χ2v) is 19.5. The Labute approximate surface area is 448 Å². The van der Waals surface area contributed by atoms with E-state index in [0.29, 0.717) is 13.0 Å². The summed E-state index contributed by atoms with van der Waals surface area (Å²) in [4.78, 5) is 12.9. The molecule has 1 heterocycles.